The van der Waals surface area contributed by atoms with Crippen molar-refractivity contribution < 1.29 is 4.18 Å². The van der Waals surface area contributed by atoms with E-state index in [4.69, 9.17) is 4.18 Å². The lowest BCUT2D eigenvalue weighted by Crippen LogP contribution is -2.17. The van der Waals surface area contributed by atoms with Crippen molar-refractivity contribution in [3.63, 3.8) is 0 Å². The molecule has 0 radical (unpaired) electrons. The average molecular weight is 131 g/mol. The Morgan fingerprint density at radius 3 is 3.50 bits per heavy atom. The summed E-state index contributed by atoms with van der Waals surface area (Å²) in [5.41, 5.74) is 0. The van der Waals surface area contributed by atoms with Gasteiger partial charge in [-0.05, 0) is 12.8 Å². The highest BCUT2D eigenvalue weighted by Gasteiger charge is 2.30. The van der Waals surface area contributed by atoms with Crippen LogP contribution in [0.15, 0.2) is 0 Å². The van der Waals surface area contributed by atoms with Gasteiger partial charge in [0.2, 0.25) is 0 Å². The van der Waals surface area contributed by atoms with Gasteiger partial charge in [-0.1, -0.05) is 0 Å². The van der Waals surface area contributed by atoms with Crippen molar-refractivity contribution in [1.82, 2.24) is 4.31 Å². The Morgan fingerprint density at radius 2 is 2.62 bits per heavy atom. The van der Waals surface area contributed by atoms with Gasteiger partial charge in [0.05, 0.1) is 18.8 Å². The van der Waals surface area contributed by atoms with Crippen LogP contribution >= 0.6 is 12.2 Å². The predicted molar refractivity (Wildman–Crippen MR) is 33.3 cm³/mol. The lowest BCUT2D eigenvalue weighted by atomic mass is 10.2. The first-order valence-electron chi connectivity index (χ1n) is 3.03. The number of nitrogens with zero attached hydrogens (tertiary/aromatic N) is 1. The zero-order valence-corrected chi connectivity index (χ0v) is 5.49. The molecule has 0 amide bonds. The van der Waals surface area contributed by atoms with Gasteiger partial charge < -0.3 is 0 Å². The van der Waals surface area contributed by atoms with E-state index in [-0.39, 0.29) is 0 Å². The molecule has 0 N–H and O–H groups in total. The van der Waals surface area contributed by atoms with Crippen LogP contribution in [0, 0.1) is 0 Å². The second-order valence-corrected chi connectivity index (χ2v) is 3.15. The van der Waals surface area contributed by atoms with E-state index in [1.54, 1.807) is 12.2 Å². The first-order valence-corrected chi connectivity index (χ1v) is 3.73. The molecule has 2 rings (SSSR count). The van der Waals surface area contributed by atoms with E-state index in [9.17, 15) is 0 Å². The smallest absolute Gasteiger partial charge is 0.0823 e. The molecule has 2 saturated heterocycles. The molecule has 0 aliphatic carbocycles. The summed E-state index contributed by atoms with van der Waals surface area (Å²) in [6, 6.07) is 0.750. The van der Waals surface area contributed by atoms with Gasteiger partial charge in [0.1, 0.15) is 0 Å². The normalized spacial score (nSPS) is 38.2. The average Bonchev–Trinajstić information content (AvgIpc) is 2.15. The molecular weight excluding hydrogens is 122 g/mol. The van der Waals surface area contributed by atoms with Crippen LogP contribution in [-0.4, -0.2) is 23.5 Å². The molecule has 0 aromatic rings. The van der Waals surface area contributed by atoms with Crippen molar-refractivity contribution in [2.24, 2.45) is 0 Å². The van der Waals surface area contributed by atoms with Gasteiger partial charge in [0.15, 0.2) is 0 Å². The van der Waals surface area contributed by atoms with E-state index in [2.05, 4.69) is 4.31 Å². The van der Waals surface area contributed by atoms with Crippen LogP contribution in [0.2, 0.25) is 0 Å². The highest BCUT2D eigenvalue weighted by molar-refractivity contribution is 7.92. The van der Waals surface area contributed by atoms with Gasteiger partial charge in [0.25, 0.3) is 0 Å². The summed E-state index contributed by atoms with van der Waals surface area (Å²) in [6.07, 6.45) is 2.70. The Labute approximate surface area is 53.5 Å². The summed E-state index contributed by atoms with van der Waals surface area (Å²) in [6.45, 7) is 2.18. The molecule has 3 heteroatoms. The second-order valence-electron chi connectivity index (χ2n) is 2.30. The van der Waals surface area contributed by atoms with Crippen molar-refractivity contribution in [3.8, 4) is 0 Å². The van der Waals surface area contributed by atoms with Crippen LogP contribution in [0.4, 0.5) is 0 Å². The van der Waals surface area contributed by atoms with E-state index in [0.29, 0.717) is 0 Å². The van der Waals surface area contributed by atoms with E-state index in [1.165, 1.54) is 19.4 Å². The first-order chi connectivity index (χ1) is 3.97. The van der Waals surface area contributed by atoms with E-state index in [1.807, 2.05) is 0 Å². The first kappa shape index (κ1) is 5.09. The maximum Gasteiger partial charge on any atom is 0.0823 e. The summed E-state index contributed by atoms with van der Waals surface area (Å²) < 4.78 is 7.49. The molecule has 1 atom stereocenters. The lowest BCUT2D eigenvalue weighted by Gasteiger charge is -2.06. The molecule has 46 valence electrons. The highest BCUT2D eigenvalue weighted by Crippen LogP contribution is 2.32. The van der Waals surface area contributed by atoms with Crippen molar-refractivity contribution in [2.45, 2.75) is 18.9 Å². The maximum absolute atomic E-state index is 5.15. The van der Waals surface area contributed by atoms with Crippen LogP contribution < -0.4 is 0 Å². The monoisotopic (exact) mass is 131 g/mol. The summed E-state index contributed by atoms with van der Waals surface area (Å²) in [5.74, 6) is 0. The van der Waals surface area contributed by atoms with Crippen LogP contribution in [0.1, 0.15) is 12.8 Å². The molecule has 2 heterocycles. The molecule has 0 bridgehead atoms. The van der Waals surface area contributed by atoms with E-state index < -0.39 is 0 Å². The van der Waals surface area contributed by atoms with Crippen molar-refractivity contribution in [3.05, 3.63) is 0 Å². The van der Waals surface area contributed by atoms with Crippen LogP contribution in [0.3, 0.4) is 0 Å². The molecule has 2 aliphatic heterocycles. The Kier molecular flexibility index (Phi) is 1.21. The van der Waals surface area contributed by atoms with Crippen LogP contribution in [0.25, 0.3) is 0 Å². The fourth-order valence-corrected chi connectivity index (χ4v) is 2.10. The molecule has 2 fully saturated rings. The highest BCUT2D eigenvalue weighted by atomic mass is 32.2. The molecule has 0 aromatic heterocycles. The second kappa shape index (κ2) is 1.90. The minimum Gasteiger partial charge on any atom is -0.299 e. The molecule has 2 aliphatic rings. The zero-order chi connectivity index (χ0) is 5.40. The van der Waals surface area contributed by atoms with Gasteiger partial charge >= 0.3 is 0 Å². The molecule has 2 nitrogen and oxygen atoms in total. The molecule has 1 unspecified atom stereocenters. The Bertz CT molecular complexity index is 78.4. The standard InChI is InChI=1S/C5H9NOS/c1-2-5-4-7-8-6(5)3-1/h5H,1-4H2. The minimum absolute atomic E-state index is 0.750. The number of rotatable bonds is 0. The van der Waals surface area contributed by atoms with Crippen molar-refractivity contribution in [2.75, 3.05) is 13.2 Å². The SMILES string of the molecule is C1CC2COSN2C1. The fraction of sp³-hybridized carbons (Fsp3) is 1.00. The zero-order valence-electron chi connectivity index (χ0n) is 4.67. The van der Waals surface area contributed by atoms with Gasteiger partial charge in [0, 0.05) is 12.6 Å². The Balaban J connectivity index is 2.04. The molecule has 0 aromatic carbocycles. The van der Waals surface area contributed by atoms with E-state index in [0.717, 1.165) is 12.6 Å². The molecule has 0 saturated carbocycles. The topological polar surface area (TPSA) is 12.5 Å². The predicted octanol–water partition coefficient (Wildman–Crippen LogP) is 1.04. The summed E-state index contributed by atoms with van der Waals surface area (Å²) in [7, 11) is 0. The van der Waals surface area contributed by atoms with Gasteiger partial charge in [-0.25, -0.2) is 4.31 Å². The quantitative estimate of drug-likeness (QED) is 0.360. The lowest BCUT2D eigenvalue weighted by molar-refractivity contribution is 0.345. The maximum atomic E-state index is 5.15. The number of hydrogen-bond acceptors (Lipinski definition) is 3. The van der Waals surface area contributed by atoms with Crippen LogP contribution in [0.5, 0.6) is 0 Å². The molecule has 8 heavy (non-hydrogen) atoms. The van der Waals surface area contributed by atoms with Crippen molar-refractivity contribution >= 4 is 12.2 Å². The fourth-order valence-electron chi connectivity index (χ4n) is 1.25. The van der Waals surface area contributed by atoms with Crippen LogP contribution in [-0.2, 0) is 4.18 Å². The summed E-state index contributed by atoms with van der Waals surface area (Å²) >= 11 is 1.55. The number of fused-ring (bicyclic) bond motifs is 1. The van der Waals surface area contributed by atoms with Gasteiger partial charge in [-0.15, -0.1) is 0 Å². The largest absolute Gasteiger partial charge is 0.299 e. The van der Waals surface area contributed by atoms with Gasteiger partial charge in [-0.3, -0.25) is 4.18 Å². The summed E-state index contributed by atoms with van der Waals surface area (Å²) in [4.78, 5) is 0. The van der Waals surface area contributed by atoms with Gasteiger partial charge in [-0.2, -0.15) is 0 Å². The molecule has 0 spiro atoms. The third kappa shape index (κ3) is 0.658. The summed E-state index contributed by atoms with van der Waals surface area (Å²) in [5, 5.41) is 0. The Hall–Kier alpha value is 0.270. The minimum atomic E-state index is 0.750. The Morgan fingerprint density at radius 1 is 1.62 bits per heavy atom. The van der Waals surface area contributed by atoms with E-state index >= 15 is 0 Å². The molecular formula is C5H9NOS. The number of hydrogen-bond donors (Lipinski definition) is 0. The van der Waals surface area contributed by atoms with Crippen molar-refractivity contribution in [1.29, 1.82) is 0 Å². The third-order valence-corrected chi connectivity index (χ3v) is 2.65. The third-order valence-electron chi connectivity index (χ3n) is 1.73.